The van der Waals surface area contributed by atoms with E-state index in [-0.39, 0.29) is 22.1 Å². The predicted molar refractivity (Wildman–Crippen MR) is 108 cm³/mol. The second-order valence-corrected chi connectivity index (χ2v) is 9.30. The number of nitrogens with zero attached hydrogens (tertiary/aromatic N) is 3. The first-order chi connectivity index (χ1) is 13.9. The Hall–Kier alpha value is -2.42. The molecule has 1 aliphatic heterocycles. The van der Waals surface area contributed by atoms with Crippen molar-refractivity contribution in [1.29, 1.82) is 0 Å². The van der Waals surface area contributed by atoms with Gasteiger partial charge < -0.3 is 9.14 Å². The van der Waals surface area contributed by atoms with Crippen molar-refractivity contribution in [3.05, 3.63) is 64.6 Å². The second-order valence-electron chi connectivity index (χ2n) is 6.99. The number of sulfonamides is 1. The Morgan fingerprint density at radius 2 is 2.00 bits per heavy atom. The molecule has 7 nitrogen and oxygen atoms in total. The van der Waals surface area contributed by atoms with Crippen molar-refractivity contribution in [2.45, 2.75) is 31.3 Å². The van der Waals surface area contributed by atoms with Crippen LogP contribution in [0.1, 0.15) is 34.5 Å². The van der Waals surface area contributed by atoms with Gasteiger partial charge in [0.2, 0.25) is 10.0 Å². The lowest BCUT2D eigenvalue weighted by Gasteiger charge is -2.17. The van der Waals surface area contributed by atoms with Gasteiger partial charge in [-0.3, -0.25) is 0 Å². The van der Waals surface area contributed by atoms with Crippen LogP contribution in [0, 0.1) is 6.92 Å². The number of aryl methyl sites for hydroxylation is 1. The van der Waals surface area contributed by atoms with Gasteiger partial charge in [-0.05, 0) is 49.6 Å². The average Bonchev–Trinajstić information content (AvgIpc) is 3.37. The number of hydrogen-bond donors (Lipinski definition) is 0. The number of carbonyl (C=O) groups excluding carboxylic acids is 1. The molecule has 0 unspecified atom stereocenters. The van der Waals surface area contributed by atoms with Crippen LogP contribution in [0.2, 0.25) is 5.02 Å². The largest absolute Gasteiger partial charge is 0.456 e. The molecule has 152 valence electrons. The van der Waals surface area contributed by atoms with Gasteiger partial charge in [0.05, 0.1) is 16.3 Å². The zero-order valence-electron chi connectivity index (χ0n) is 15.8. The number of fused-ring (bicyclic) bond motifs is 1. The first-order valence-electron chi connectivity index (χ1n) is 9.26. The monoisotopic (exact) mass is 433 g/mol. The minimum absolute atomic E-state index is 0.0171. The van der Waals surface area contributed by atoms with E-state index in [0.29, 0.717) is 18.8 Å². The normalized spacial score (nSPS) is 15.1. The summed E-state index contributed by atoms with van der Waals surface area (Å²) in [6.45, 7) is 2.85. The van der Waals surface area contributed by atoms with Gasteiger partial charge >= 0.3 is 5.97 Å². The summed E-state index contributed by atoms with van der Waals surface area (Å²) in [7, 11) is -3.74. The number of rotatable bonds is 5. The summed E-state index contributed by atoms with van der Waals surface area (Å²) in [5.74, 6) is -0.631. The van der Waals surface area contributed by atoms with E-state index >= 15 is 0 Å². The molecule has 0 N–H and O–H groups in total. The third-order valence-corrected chi connectivity index (χ3v) is 7.31. The lowest BCUT2D eigenvalue weighted by molar-refractivity contribution is 0.0468. The van der Waals surface area contributed by atoms with Crippen LogP contribution in [-0.4, -0.2) is 41.2 Å². The van der Waals surface area contributed by atoms with E-state index in [1.54, 1.807) is 6.20 Å². The van der Waals surface area contributed by atoms with Crippen LogP contribution in [0.5, 0.6) is 0 Å². The van der Waals surface area contributed by atoms with Crippen LogP contribution in [0.25, 0.3) is 5.65 Å². The number of halogens is 1. The molecule has 1 saturated heterocycles. The molecule has 1 aliphatic rings. The third-order valence-electron chi connectivity index (χ3n) is 4.93. The molecule has 0 atom stereocenters. The Kier molecular flexibility index (Phi) is 5.33. The summed E-state index contributed by atoms with van der Waals surface area (Å²) in [6.07, 6.45) is 5.30. The lowest BCUT2D eigenvalue weighted by Crippen LogP contribution is -2.28. The fraction of sp³-hybridized carbons (Fsp3) is 0.300. The smallest absolute Gasteiger partial charge is 0.338 e. The summed E-state index contributed by atoms with van der Waals surface area (Å²) in [6, 6.07) is 8.02. The van der Waals surface area contributed by atoms with Gasteiger partial charge in [-0.25, -0.2) is 18.2 Å². The van der Waals surface area contributed by atoms with Gasteiger partial charge in [0, 0.05) is 25.5 Å². The molecule has 1 fully saturated rings. The fourth-order valence-electron chi connectivity index (χ4n) is 3.39. The highest BCUT2D eigenvalue weighted by Crippen LogP contribution is 2.28. The summed E-state index contributed by atoms with van der Waals surface area (Å²) < 4.78 is 34.2. The van der Waals surface area contributed by atoms with Crippen LogP contribution in [-0.2, 0) is 21.4 Å². The van der Waals surface area contributed by atoms with E-state index in [0.717, 1.165) is 24.1 Å². The molecule has 3 aromatic rings. The fourth-order valence-corrected chi connectivity index (χ4v) is 5.41. The molecule has 4 rings (SSSR count). The van der Waals surface area contributed by atoms with Crippen molar-refractivity contribution < 1.29 is 17.9 Å². The second kappa shape index (κ2) is 7.78. The maximum atomic E-state index is 12.8. The maximum absolute atomic E-state index is 12.8. The number of hydrogen-bond acceptors (Lipinski definition) is 5. The summed E-state index contributed by atoms with van der Waals surface area (Å²) >= 11 is 6.13. The van der Waals surface area contributed by atoms with Crippen LogP contribution in [0.15, 0.2) is 47.6 Å². The Balaban J connectivity index is 1.53. The van der Waals surface area contributed by atoms with Crippen molar-refractivity contribution >= 4 is 33.2 Å². The zero-order valence-corrected chi connectivity index (χ0v) is 17.4. The summed E-state index contributed by atoms with van der Waals surface area (Å²) in [5, 5.41) is 0.0873. The van der Waals surface area contributed by atoms with Crippen LogP contribution in [0.3, 0.4) is 0 Å². The number of esters is 1. The van der Waals surface area contributed by atoms with E-state index in [4.69, 9.17) is 16.3 Å². The number of benzene rings is 1. The Morgan fingerprint density at radius 1 is 1.24 bits per heavy atom. The van der Waals surface area contributed by atoms with Gasteiger partial charge in [0.1, 0.15) is 17.1 Å². The van der Waals surface area contributed by atoms with E-state index in [1.165, 1.54) is 22.5 Å². The number of imidazole rings is 1. The highest BCUT2D eigenvalue weighted by atomic mass is 35.5. The van der Waals surface area contributed by atoms with Crippen molar-refractivity contribution in [2.24, 2.45) is 0 Å². The molecule has 3 heterocycles. The molecule has 1 aromatic carbocycles. The lowest BCUT2D eigenvalue weighted by atomic mass is 10.2. The van der Waals surface area contributed by atoms with Crippen molar-refractivity contribution in [3.8, 4) is 0 Å². The highest BCUT2D eigenvalue weighted by molar-refractivity contribution is 7.89. The van der Waals surface area contributed by atoms with E-state index < -0.39 is 16.0 Å². The van der Waals surface area contributed by atoms with Crippen LogP contribution < -0.4 is 0 Å². The van der Waals surface area contributed by atoms with Crippen molar-refractivity contribution in [2.75, 3.05) is 13.1 Å². The molecule has 0 amide bonds. The Labute approximate surface area is 173 Å². The molecule has 0 aliphatic carbocycles. The predicted octanol–water partition coefficient (Wildman–Crippen LogP) is 3.44. The van der Waals surface area contributed by atoms with E-state index in [9.17, 15) is 13.2 Å². The molecule has 29 heavy (non-hydrogen) atoms. The summed E-state index contributed by atoms with van der Waals surface area (Å²) in [5.41, 5.74) is 2.54. The quantitative estimate of drug-likeness (QED) is 0.576. The molecular formula is C20H20ClN3O4S. The van der Waals surface area contributed by atoms with Gasteiger partial charge in [0.15, 0.2) is 0 Å². The molecule has 0 saturated carbocycles. The van der Waals surface area contributed by atoms with Crippen LogP contribution >= 0.6 is 11.6 Å². The number of carbonyl (C=O) groups is 1. The minimum atomic E-state index is -3.74. The SMILES string of the molecule is Cc1cccn2cc(COC(=O)c3ccc(Cl)c(S(=O)(=O)N4CCCC4)c3)nc12. The van der Waals surface area contributed by atoms with E-state index in [1.807, 2.05) is 29.7 Å². The topological polar surface area (TPSA) is 81.0 Å². The molecule has 0 radical (unpaired) electrons. The minimum Gasteiger partial charge on any atom is -0.456 e. The van der Waals surface area contributed by atoms with Crippen molar-refractivity contribution in [3.63, 3.8) is 0 Å². The van der Waals surface area contributed by atoms with Crippen molar-refractivity contribution in [1.82, 2.24) is 13.7 Å². The summed E-state index contributed by atoms with van der Waals surface area (Å²) in [4.78, 5) is 16.9. The van der Waals surface area contributed by atoms with Crippen LogP contribution in [0.4, 0.5) is 0 Å². The van der Waals surface area contributed by atoms with Gasteiger partial charge in [0.25, 0.3) is 0 Å². The molecule has 0 bridgehead atoms. The first-order valence-corrected chi connectivity index (χ1v) is 11.1. The molecular weight excluding hydrogens is 414 g/mol. The number of ether oxygens (including phenoxy) is 1. The standard InChI is InChI=1S/C20H20ClN3O4S/c1-14-5-4-8-23-12-16(22-19(14)23)13-28-20(25)15-6-7-17(21)18(11-15)29(26,27)24-9-2-3-10-24/h4-8,11-12H,2-3,9-10,13H2,1H3. The maximum Gasteiger partial charge on any atom is 0.338 e. The highest BCUT2D eigenvalue weighted by Gasteiger charge is 2.30. The Bertz CT molecular complexity index is 1180. The van der Waals surface area contributed by atoms with Gasteiger partial charge in [-0.15, -0.1) is 0 Å². The Morgan fingerprint density at radius 3 is 2.72 bits per heavy atom. The molecule has 0 spiro atoms. The zero-order chi connectivity index (χ0) is 20.6. The van der Waals surface area contributed by atoms with Gasteiger partial charge in [-0.1, -0.05) is 17.7 Å². The molecule has 9 heteroatoms. The number of pyridine rings is 1. The van der Waals surface area contributed by atoms with E-state index in [2.05, 4.69) is 4.98 Å². The first kappa shape index (κ1) is 19.9. The number of aromatic nitrogens is 2. The average molecular weight is 434 g/mol. The third kappa shape index (κ3) is 3.88. The van der Waals surface area contributed by atoms with Gasteiger partial charge in [-0.2, -0.15) is 4.31 Å². The molecule has 2 aromatic heterocycles.